The number of fused-ring (bicyclic) bond motifs is 1. The van der Waals surface area contributed by atoms with Crippen LogP contribution in [0.1, 0.15) is 33.8 Å². The number of nitrogens with zero attached hydrogens (tertiary/aromatic N) is 1. The van der Waals surface area contributed by atoms with Gasteiger partial charge in [-0.05, 0) is 54.3 Å². The fraction of sp³-hybridized carbons (Fsp3) is 0.222. The van der Waals surface area contributed by atoms with Gasteiger partial charge < -0.3 is 0 Å². The molecule has 0 saturated carbocycles. The van der Waals surface area contributed by atoms with Crippen LogP contribution in [0, 0.1) is 5.82 Å². The molecule has 0 heterocycles. The Kier molecular flexibility index (Phi) is 4.75. The molecule has 0 spiro atoms. The van der Waals surface area contributed by atoms with Gasteiger partial charge in [-0.3, -0.25) is 4.79 Å². The minimum Gasteiger partial charge on any atom is -0.267 e. The zero-order valence-electron chi connectivity index (χ0n) is 13.4. The fourth-order valence-electron chi connectivity index (χ4n) is 2.90. The van der Waals surface area contributed by atoms with Gasteiger partial charge in [-0.1, -0.05) is 17.7 Å². The first kappa shape index (κ1) is 17.8. The Morgan fingerprint density at radius 2 is 2.04 bits per heavy atom. The van der Waals surface area contributed by atoms with Gasteiger partial charge in [-0.15, -0.1) is 0 Å². The van der Waals surface area contributed by atoms with Crippen LogP contribution in [0.15, 0.2) is 46.3 Å². The number of carbonyl (C=O) groups excluding carboxylic acids is 1. The number of aryl methyl sites for hydroxylation is 1. The maximum Gasteiger partial charge on any atom is 0.279 e. The summed E-state index contributed by atoms with van der Waals surface area (Å²) in [5.41, 5.74) is 1.94. The first-order chi connectivity index (χ1) is 11.8. The van der Waals surface area contributed by atoms with Gasteiger partial charge in [0.1, 0.15) is 5.82 Å². The number of carbonyl (C=O) groups is 1. The van der Waals surface area contributed by atoms with Crippen molar-refractivity contribution in [1.29, 1.82) is 0 Å². The van der Waals surface area contributed by atoms with Crippen molar-refractivity contribution in [3.63, 3.8) is 0 Å². The molecule has 7 heteroatoms. The van der Waals surface area contributed by atoms with E-state index in [-0.39, 0.29) is 16.4 Å². The highest BCUT2D eigenvalue weighted by Crippen LogP contribution is 2.33. The van der Waals surface area contributed by atoms with Crippen molar-refractivity contribution in [2.24, 2.45) is 4.99 Å². The number of hydrogen-bond donors (Lipinski definition) is 0. The van der Waals surface area contributed by atoms with E-state index in [0.717, 1.165) is 42.4 Å². The molecule has 0 bridgehead atoms. The average molecular weight is 380 g/mol. The highest BCUT2D eigenvalue weighted by atomic mass is 35.5. The lowest BCUT2D eigenvalue weighted by Gasteiger charge is -2.06. The number of aliphatic imine (C=N–C) groups is 1. The maximum atomic E-state index is 14.0. The molecule has 0 aromatic heterocycles. The quantitative estimate of drug-likeness (QED) is 0.761. The van der Waals surface area contributed by atoms with Gasteiger partial charge in [0.25, 0.3) is 5.91 Å². The molecule has 4 nitrogen and oxygen atoms in total. The summed E-state index contributed by atoms with van der Waals surface area (Å²) < 4.78 is 36.9. The molecule has 1 amide bonds. The second-order valence-electron chi connectivity index (χ2n) is 5.99. The standard InChI is InChI=1S/C18H15ClFNO3S/c1-25(23,24)14-5-7-16(17(20)9-14)18(22)21-10-12-3-2-11-8-13(19)4-6-15(11)12/h4-10,12H,2-3H2,1H3/b21-10+. The van der Waals surface area contributed by atoms with Crippen molar-refractivity contribution in [1.82, 2.24) is 0 Å². The molecule has 1 aliphatic carbocycles. The Balaban J connectivity index is 1.81. The molecule has 130 valence electrons. The molecule has 1 unspecified atom stereocenters. The molecule has 2 aromatic rings. The molecule has 0 aliphatic heterocycles. The van der Waals surface area contributed by atoms with Crippen LogP contribution in [-0.2, 0) is 16.3 Å². The molecule has 1 aliphatic rings. The second-order valence-corrected chi connectivity index (χ2v) is 8.44. The van der Waals surface area contributed by atoms with Crippen molar-refractivity contribution in [3.8, 4) is 0 Å². The molecular weight excluding hydrogens is 365 g/mol. The third-order valence-electron chi connectivity index (χ3n) is 4.20. The molecule has 3 rings (SSSR count). The van der Waals surface area contributed by atoms with Crippen LogP contribution in [0.3, 0.4) is 0 Å². The van der Waals surface area contributed by atoms with Crippen LogP contribution >= 0.6 is 11.6 Å². The number of rotatable bonds is 3. The summed E-state index contributed by atoms with van der Waals surface area (Å²) in [6.45, 7) is 0. The van der Waals surface area contributed by atoms with Gasteiger partial charge in [0, 0.05) is 23.4 Å². The molecule has 0 radical (unpaired) electrons. The molecule has 0 saturated heterocycles. The van der Waals surface area contributed by atoms with Gasteiger partial charge in [0.15, 0.2) is 9.84 Å². The van der Waals surface area contributed by atoms with Gasteiger partial charge in [-0.25, -0.2) is 17.8 Å². The predicted molar refractivity (Wildman–Crippen MR) is 94.8 cm³/mol. The summed E-state index contributed by atoms with van der Waals surface area (Å²) in [6, 6.07) is 8.79. The van der Waals surface area contributed by atoms with Gasteiger partial charge in [0.05, 0.1) is 10.5 Å². The van der Waals surface area contributed by atoms with Crippen LogP contribution in [-0.4, -0.2) is 26.8 Å². The highest BCUT2D eigenvalue weighted by molar-refractivity contribution is 7.90. The minimum absolute atomic E-state index is 0.0189. The lowest BCUT2D eigenvalue weighted by atomic mass is 10.0. The van der Waals surface area contributed by atoms with E-state index in [9.17, 15) is 17.6 Å². The van der Waals surface area contributed by atoms with Crippen LogP contribution in [0.25, 0.3) is 0 Å². The number of sulfone groups is 1. The van der Waals surface area contributed by atoms with E-state index in [4.69, 9.17) is 11.6 Å². The van der Waals surface area contributed by atoms with E-state index in [1.807, 2.05) is 12.1 Å². The number of hydrogen-bond acceptors (Lipinski definition) is 3. The van der Waals surface area contributed by atoms with E-state index < -0.39 is 21.6 Å². The summed E-state index contributed by atoms with van der Waals surface area (Å²) in [6.07, 6.45) is 4.15. The largest absolute Gasteiger partial charge is 0.279 e. The average Bonchev–Trinajstić information content (AvgIpc) is 2.93. The maximum absolute atomic E-state index is 14.0. The van der Waals surface area contributed by atoms with Crippen LogP contribution in [0.2, 0.25) is 5.02 Å². The molecule has 25 heavy (non-hydrogen) atoms. The van der Waals surface area contributed by atoms with Crippen LogP contribution in [0.5, 0.6) is 0 Å². The second kappa shape index (κ2) is 6.69. The lowest BCUT2D eigenvalue weighted by Crippen LogP contribution is -2.05. The summed E-state index contributed by atoms with van der Waals surface area (Å²) in [4.78, 5) is 15.8. The van der Waals surface area contributed by atoms with Crippen LogP contribution < -0.4 is 0 Å². The summed E-state index contributed by atoms with van der Waals surface area (Å²) in [5, 5.41) is 0.667. The third kappa shape index (κ3) is 3.80. The third-order valence-corrected chi connectivity index (χ3v) is 5.55. The molecule has 0 fully saturated rings. The fourth-order valence-corrected chi connectivity index (χ4v) is 3.73. The van der Waals surface area contributed by atoms with Crippen molar-refractivity contribution in [2.45, 2.75) is 23.7 Å². The lowest BCUT2D eigenvalue weighted by molar-refractivity contribution is 0.0999. The Labute approximate surface area is 150 Å². The Bertz CT molecular complexity index is 986. The van der Waals surface area contributed by atoms with E-state index in [2.05, 4.69) is 4.99 Å². The Hall–Kier alpha value is -2.05. The normalized spacial score (nSPS) is 17.0. The minimum atomic E-state index is -3.53. The number of amides is 1. The summed E-state index contributed by atoms with van der Waals surface area (Å²) >= 11 is 5.97. The van der Waals surface area contributed by atoms with Crippen molar-refractivity contribution in [2.75, 3.05) is 6.26 Å². The SMILES string of the molecule is CS(=O)(=O)c1ccc(C(=O)/N=C/C2CCc3cc(Cl)ccc32)c(F)c1. The van der Waals surface area contributed by atoms with E-state index in [0.29, 0.717) is 5.02 Å². The molecule has 0 N–H and O–H groups in total. The van der Waals surface area contributed by atoms with Gasteiger partial charge in [0.2, 0.25) is 0 Å². The van der Waals surface area contributed by atoms with Crippen LogP contribution in [0.4, 0.5) is 4.39 Å². The van der Waals surface area contributed by atoms with Gasteiger partial charge in [-0.2, -0.15) is 0 Å². The highest BCUT2D eigenvalue weighted by Gasteiger charge is 2.22. The number of halogens is 2. The van der Waals surface area contributed by atoms with E-state index in [1.54, 1.807) is 6.07 Å². The summed E-state index contributed by atoms with van der Waals surface area (Å²) in [5.74, 6) is -1.65. The van der Waals surface area contributed by atoms with E-state index in [1.165, 1.54) is 12.3 Å². The topological polar surface area (TPSA) is 63.6 Å². The molecule has 2 aromatic carbocycles. The predicted octanol–water partition coefficient (Wildman–Crippen LogP) is 3.82. The van der Waals surface area contributed by atoms with E-state index >= 15 is 0 Å². The smallest absolute Gasteiger partial charge is 0.267 e. The van der Waals surface area contributed by atoms with Crippen molar-refractivity contribution >= 4 is 33.6 Å². The Morgan fingerprint density at radius 3 is 2.72 bits per heavy atom. The van der Waals surface area contributed by atoms with Gasteiger partial charge >= 0.3 is 0 Å². The van der Waals surface area contributed by atoms with Crippen molar-refractivity contribution in [3.05, 3.63) is 63.9 Å². The zero-order chi connectivity index (χ0) is 18.2. The zero-order valence-corrected chi connectivity index (χ0v) is 14.9. The number of benzene rings is 2. The first-order valence-electron chi connectivity index (χ1n) is 7.62. The first-order valence-corrected chi connectivity index (χ1v) is 9.89. The Morgan fingerprint density at radius 1 is 1.28 bits per heavy atom. The molecular formula is C18H15ClFNO3S. The summed E-state index contributed by atoms with van der Waals surface area (Å²) in [7, 11) is -3.53. The molecule has 1 atom stereocenters. The monoisotopic (exact) mass is 379 g/mol. The van der Waals surface area contributed by atoms with Crippen molar-refractivity contribution < 1.29 is 17.6 Å².